The third-order valence-corrected chi connectivity index (χ3v) is 7.08. The molecule has 6 atom stereocenters. The van der Waals surface area contributed by atoms with E-state index in [-0.39, 0.29) is 23.9 Å². The molecular weight excluding hydrogens is 328 g/mol. The molecule has 26 heavy (non-hydrogen) atoms. The van der Waals surface area contributed by atoms with E-state index in [9.17, 15) is 9.59 Å². The van der Waals surface area contributed by atoms with Crippen LogP contribution in [0.4, 0.5) is 0 Å². The van der Waals surface area contributed by atoms with Gasteiger partial charge in [-0.3, -0.25) is 9.59 Å². The average molecular weight is 363 g/mol. The lowest BCUT2D eigenvalue weighted by molar-refractivity contribution is -0.124. The molecule has 2 aliphatic carbocycles. The first-order valence-corrected chi connectivity index (χ1v) is 10.8. The lowest BCUT2D eigenvalue weighted by atomic mass is 9.85. The summed E-state index contributed by atoms with van der Waals surface area (Å²) < 4.78 is 0. The van der Waals surface area contributed by atoms with E-state index in [1.165, 1.54) is 51.4 Å². The minimum atomic E-state index is -0.0431. The maximum absolute atomic E-state index is 12.4. The molecule has 4 aliphatic rings. The standard InChI is InChI=1S/C20H34N4O2/c25-19(17-11-13-5-1-3-7-15(13)23-17)21-9-10-22-20(26)18-12-14-6-2-4-8-16(14)24-18/h13-18,23-24H,1-12H2,(H,21,25)(H,22,26)/t13-,14-,15-,16-,17-,18-/m0/s1. The summed E-state index contributed by atoms with van der Waals surface area (Å²) in [6.45, 7) is 1.02. The Balaban J connectivity index is 1.13. The van der Waals surface area contributed by atoms with Crippen LogP contribution in [0.1, 0.15) is 64.2 Å². The van der Waals surface area contributed by atoms with Gasteiger partial charge in [-0.05, 0) is 50.4 Å². The van der Waals surface area contributed by atoms with Gasteiger partial charge in [0, 0.05) is 25.2 Å². The molecule has 2 aliphatic heterocycles. The fourth-order valence-electron chi connectivity index (χ4n) is 5.66. The largest absolute Gasteiger partial charge is 0.353 e. The van der Waals surface area contributed by atoms with Gasteiger partial charge < -0.3 is 21.3 Å². The summed E-state index contributed by atoms with van der Waals surface area (Å²) in [5, 5.41) is 13.0. The number of nitrogens with one attached hydrogen (secondary N) is 4. The van der Waals surface area contributed by atoms with Gasteiger partial charge in [-0.25, -0.2) is 0 Å². The number of hydrogen-bond donors (Lipinski definition) is 4. The van der Waals surface area contributed by atoms with E-state index < -0.39 is 0 Å². The molecule has 6 heteroatoms. The van der Waals surface area contributed by atoms with E-state index in [2.05, 4.69) is 21.3 Å². The van der Waals surface area contributed by atoms with Crippen molar-refractivity contribution in [2.75, 3.05) is 13.1 Å². The first-order valence-electron chi connectivity index (χ1n) is 10.8. The monoisotopic (exact) mass is 362 g/mol. The molecule has 0 unspecified atom stereocenters. The number of carbonyl (C=O) groups excluding carboxylic acids is 2. The van der Waals surface area contributed by atoms with E-state index in [0.29, 0.717) is 37.0 Å². The Morgan fingerprint density at radius 3 is 1.54 bits per heavy atom. The van der Waals surface area contributed by atoms with Crippen LogP contribution in [-0.4, -0.2) is 49.1 Å². The van der Waals surface area contributed by atoms with Crippen molar-refractivity contribution in [3.63, 3.8) is 0 Å². The zero-order chi connectivity index (χ0) is 17.9. The highest BCUT2D eigenvalue weighted by atomic mass is 16.2. The summed E-state index contributed by atoms with van der Waals surface area (Å²) >= 11 is 0. The van der Waals surface area contributed by atoms with Gasteiger partial charge in [-0.15, -0.1) is 0 Å². The first-order chi connectivity index (χ1) is 12.7. The summed E-state index contributed by atoms with van der Waals surface area (Å²) in [5.41, 5.74) is 0. The third kappa shape index (κ3) is 4.06. The Bertz CT molecular complexity index is 452. The van der Waals surface area contributed by atoms with E-state index in [4.69, 9.17) is 0 Å². The van der Waals surface area contributed by atoms with Crippen molar-refractivity contribution >= 4 is 11.8 Å². The molecule has 4 N–H and O–H groups in total. The second kappa shape index (κ2) is 8.26. The SMILES string of the molecule is O=C(NCCNC(=O)[C@@H]1C[C@@H]2CCCC[C@@H]2N1)[C@@H]1C[C@@H]2CCCC[C@@H]2N1. The molecule has 2 saturated heterocycles. The Kier molecular flexibility index (Phi) is 5.79. The van der Waals surface area contributed by atoms with Crippen molar-refractivity contribution in [2.45, 2.75) is 88.4 Å². The maximum atomic E-state index is 12.4. The Hall–Kier alpha value is -1.14. The van der Waals surface area contributed by atoms with E-state index in [1.54, 1.807) is 0 Å². The first kappa shape index (κ1) is 18.2. The maximum Gasteiger partial charge on any atom is 0.237 e. The predicted molar refractivity (Wildman–Crippen MR) is 101 cm³/mol. The summed E-state index contributed by atoms with van der Waals surface area (Å²) in [7, 11) is 0. The van der Waals surface area contributed by atoms with Gasteiger partial charge in [0.1, 0.15) is 0 Å². The van der Waals surface area contributed by atoms with Crippen molar-refractivity contribution in [3.05, 3.63) is 0 Å². The molecule has 146 valence electrons. The van der Waals surface area contributed by atoms with Gasteiger partial charge in [0.05, 0.1) is 12.1 Å². The van der Waals surface area contributed by atoms with Crippen LogP contribution >= 0.6 is 0 Å². The summed E-state index contributed by atoms with van der Waals surface area (Å²) in [6, 6.07) is 0.990. The van der Waals surface area contributed by atoms with Gasteiger partial charge in [0.2, 0.25) is 11.8 Å². The lowest BCUT2D eigenvalue weighted by Crippen LogP contribution is -2.47. The second-order valence-electron chi connectivity index (χ2n) is 8.79. The van der Waals surface area contributed by atoms with Crippen molar-refractivity contribution in [1.82, 2.24) is 21.3 Å². The number of rotatable bonds is 5. The van der Waals surface area contributed by atoms with Gasteiger partial charge in [-0.2, -0.15) is 0 Å². The van der Waals surface area contributed by atoms with Crippen LogP contribution in [0, 0.1) is 11.8 Å². The quantitative estimate of drug-likeness (QED) is 0.551. The van der Waals surface area contributed by atoms with E-state index >= 15 is 0 Å². The minimum Gasteiger partial charge on any atom is -0.353 e. The van der Waals surface area contributed by atoms with Crippen LogP contribution in [-0.2, 0) is 9.59 Å². The molecular formula is C20H34N4O2. The molecule has 4 fully saturated rings. The molecule has 6 nitrogen and oxygen atoms in total. The Morgan fingerprint density at radius 1 is 0.692 bits per heavy atom. The molecule has 0 radical (unpaired) electrons. The Morgan fingerprint density at radius 2 is 1.12 bits per heavy atom. The van der Waals surface area contributed by atoms with Crippen LogP contribution in [0.25, 0.3) is 0 Å². The van der Waals surface area contributed by atoms with Crippen molar-refractivity contribution in [3.8, 4) is 0 Å². The number of hydrogen-bond acceptors (Lipinski definition) is 4. The lowest BCUT2D eigenvalue weighted by Gasteiger charge is -2.24. The third-order valence-electron chi connectivity index (χ3n) is 7.08. The topological polar surface area (TPSA) is 82.3 Å². The van der Waals surface area contributed by atoms with Gasteiger partial charge >= 0.3 is 0 Å². The summed E-state index contributed by atoms with van der Waals surface area (Å²) in [6.07, 6.45) is 12.1. The Labute approximate surface area is 156 Å². The van der Waals surface area contributed by atoms with Gasteiger partial charge in [0.25, 0.3) is 0 Å². The van der Waals surface area contributed by atoms with Crippen molar-refractivity contribution < 1.29 is 9.59 Å². The highest BCUT2D eigenvalue weighted by Gasteiger charge is 2.39. The fourth-order valence-corrected chi connectivity index (χ4v) is 5.66. The van der Waals surface area contributed by atoms with E-state index in [0.717, 1.165) is 12.8 Å². The highest BCUT2D eigenvalue weighted by Crippen LogP contribution is 2.34. The molecule has 0 bridgehead atoms. The molecule has 2 heterocycles. The van der Waals surface area contributed by atoms with Gasteiger partial charge in [0.15, 0.2) is 0 Å². The number of fused-ring (bicyclic) bond motifs is 2. The molecule has 0 spiro atoms. The number of carbonyl (C=O) groups is 2. The number of amides is 2. The van der Waals surface area contributed by atoms with Crippen LogP contribution in [0.15, 0.2) is 0 Å². The van der Waals surface area contributed by atoms with Crippen molar-refractivity contribution in [2.24, 2.45) is 11.8 Å². The van der Waals surface area contributed by atoms with Crippen LogP contribution in [0.5, 0.6) is 0 Å². The molecule has 2 saturated carbocycles. The highest BCUT2D eigenvalue weighted by molar-refractivity contribution is 5.83. The van der Waals surface area contributed by atoms with Gasteiger partial charge in [-0.1, -0.05) is 25.7 Å². The predicted octanol–water partition coefficient (Wildman–Crippen LogP) is 1.06. The van der Waals surface area contributed by atoms with Crippen LogP contribution < -0.4 is 21.3 Å². The second-order valence-corrected chi connectivity index (χ2v) is 8.79. The molecule has 2 amide bonds. The van der Waals surface area contributed by atoms with Crippen LogP contribution in [0.2, 0.25) is 0 Å². The molecule has 0 aromatic heterocycles. The average Bonchev–Trinajstić information content (AvgIpc) is 3.28. The zero-order valence-electron chi connectivity index (χ0n) is 15.8. The summed E-state index contributed by atoms with van der Waals surface area (Å²) in [5.74, 6) is 1.55. The van der Waals surface area contributed by atoms with Crippen LogP contribution in [0.3, 0.4) is 0 Å². The fraction of sp³-hybridized carbons (Fsp3) is 0.900. The normalized spacial score (nSPS) is 39.1. The summed E-state index contributed by atoms with van der Waals surface area (Å²) in [4.78, 5) is 24.7. The molecule has 0 aromatic rings. The van der Waals surface area contributed by atoms with E-state index in [1.807, 2.05) is 0 Å². The molecule has 4 rings (SSSR count). The zero-order valence-corrected chi connectivity index (χ0v) is 15.8. The minimum absolute atomic E-state index is 0.0431. The van der Waals surface area contributed by atoms with Crippen molar-refractivity contribution in [1.29, 1.82) is 0 Å². The molecule has 0 aromatic carbocycles. The smallest absolute Gasteiger partial charge is 0.237 e.